The summed E-state index contributed by atoms with van der Waals surface area (Å²) in [6.07, 6.45) is 6.32. The molecule has 1 aromatic rings. The molecule has 0 radical (unpaired) electrons. The van der Waals surface area contributed by atoms with Gasteiger partial charge in [-0.3, -0.25) is 4.99 Å². The first-order valence-corrected chi connectivity index (χ1v) is 11.9. The number of unbranched alkanes of at least 4 members (excludes halogenated alkanes) is 1. The maximum absolute atomic E-state index is 6.33. The number of guanidine groups is 1. The monoisotopic (exact) mass is 427 g/mol. The molecule has 0 atom stereocenters. The van der Waals surface area contributed by atoms with E-state index in [1.54, 1.807) is 7.11 Å². The Kier molecular flexibility index (Phi) is 10.3. The van der Waals surface area contributed by atoms with Gasteiger partial charge in [0.25, 0.3) is 0 Å². The number of rotatable bonds is 10. The largest absolute Gasteiger partial charge is 0.496 e. The van der Waals surface area contributed by atoms with Crippen molar-refractivity contribution in [3.63, 3.8) is 0 Å². The zero-order valence-electron chi connectivity index (χ0n) is 17.4. The number of nitrogens with zero attached hydrogens (tertiary/aromatic N) is 1. The van der Waals surface area contributed by atoms with Gasteiger partial charge in [0.1, 0.15) is 5.75 Å². The zero-order valence-corrected chi connectivity index (χ0v) is 18.9. The van der Waals surface area contributed by atoms with Gasteiger partial charge in [-0.2, -0.15) is 11.8 Å². The van der Waals surface area contributed by atoms with Crippen LogP contribution in [0.4, 0.5) is 0 Å². The van der Waals surface area contributed by atoms with Crippen molar-refractivity contribution >= 4 is 29.3 Å². The second-order valence-corrected chi connectivity index (χ2v) is 8.48. The molecule has 0 amide bonds. The highest BCUT2D eigenvalue weighted by atomic mass is 35.5. The summed E-state index contributed by atoms with van der Waals surface area (Å²) in [5, 5.41) is 7.56. The average molecular weight is 428 g/mol. The maximum Gasteiger partial charge on any atom is 0.191 e. The fourth-order valence-corrected chi connectivity index (χ4v) is 4.18. The van der Waals surface area contributed by atoms with E-state index in [2.05, 4.69) is 23.8 Å². The van der Waals surface area contributed by atoms with Crippen LogP contribution in [0.1, 0.15) is 38.2 Å². The van der Waals surface area contributed by atoms with E-state index in [0.717, 1.165) is 67.9 Å². The standard InChI is InChI=1S/C21H34ClN3O2S/c1-4-23-20(24-11-5-6-14-28-3)25-16-21(9-12-27-13-10-21)18-15-17(22)7-8-19(18)26-2/h7-8,15H,4-6,9-14,16H2,1-3H3,(H2,23,24,25). The van der Waals surface area contributed by atoms with E-state index in [4.69, 9.17) is 26.1 Å². The summed E-state index contributed by atoms with van der Waals surface area (Å²) >= 11 is 8.22. The summed E-state index contributed by atoms with van der Waals surface area (Å²) < 4.78 is 11.3. The Bertz CT molecular complexity index is 622. The molecule has 0 bridgehead atoms. The van der Waals surface area contributed by atoms with Crippen molar-refractivity contribution in [3.05, 3.63) is 28.8 Å². The molecule has 1 saturated heterocycles. The van der Waals surface area contributed by atoms with Gasteiger partial charge in [0.15, 0.2) is 5.96 Å². The molecule has 28 heavy (non-hydrogen) atoms. The smallest absolute Gasteiger partial charge is 0.191 e. The molecule has 0 aliphatic carbocycles. The van der Waals surface area contributed by atoms with Gasteiger partial charge in [-0.15, -0.1) is 0 Å². The number of methoxy groups -OCH3 is 1. The second kappa shape index (κ2) is 12.5. The molecule has 0 unspecified atom stereocenters. The van der Waals surface area contributed by atoms with Crippen LogP contribution in [0.15, 0.2) is 23.2 Å². The van der Waals surface area contributed by atoms with Gasteiger partial charge in [0.05, 0.1) is 13.7 Å². The van der Waals surface area contributed by atoms with E-state index < -0.39 is 0 Å². The number of benzene rings is 1. The highest BCUT2D eigenvalue weighted by Gasteiger charge is 2.37. The normalized spacial score (nSPS) is 16.6. The van der Waals surface area contributed by atoms with Crippen molar-refractivity contribution in [1.82, 2.24) is 10.6 Å². The Labute approximate surface area is 179 Å². The molecule has 5 nitrogen and oxygen atoms in total. The van der Waals surface area contributed by atoms with E-state index in [9.17, 15) is 0 Å². The van der Waals surface area contributed by atoms with E-state index in [-0.39, 0.29) is 5.41 Å². The first-order valence-electron chi connectivity index (χ1n) is 10.1. The molecule has 1 aliphatic heterocycles. The van der Waals surface area contributed by atoms with Crippen LogP contribution in [0.25, 0.3) is 0 Å². The second-order valence-electron chi connectivity index (χ2n) is 7.06. The molecule has 1 aliphatic rings. The van der Waals surface area contributed by atoms with Crippen LogP contribution in [-0.4, -0.2) is 57.9 Å². The lowest BCUT2D eigenvalue weighted by atomic mass is 9.73. The van der Waals surface area contributed by atoms with Crippen LogP contribution in [0.3, 0.4) is 0 Å². The summed E-state index contributed by atoms with van der Waals surface area (Å²) in [6.45, 7) is 5.99. The lowest BCUT2D eigenvalue weighted by Crippen LogP contribution is -2.41. The number of halogens is 1. The quantitative estimate of drug-likeness (QED) is 0.334. The van der Waals surface area contributed by atoms with Crippen molar-refractivity contribution in [1.29, 1.82) is 0 Å². The van der Waals surface area contributed by atoms with E-state index >= 15 is 0 Å². The maximum atomic E-state index is 6.33. The Hall–Kier alpha value is -1.11. The Morgan fingerprint density at radius 1 is 1.29 bits per heavy atom. The Morgan fingerprint density at radius 2 is 2.07 bits per heavy atom. The summed E-state index contributed by atoms with van der Waals surface area (Å²) in [5.74, 6) is 2.95. The van der Waals surface area contributed by atoms with E-state index in [1.165, 1.54) is 12.2 Å². The molecular weight excluding hydrogens is 394 g/mol. The lowest BCUT2D eigenvalue weighted by molar-refractivity contribution is 0.0523. The van der Waals surface area contributed by atoms with Crippen LogP contribution in [-0.2, 0) is 10.2 Å². The predicted octanol–water partition coefficient (Wildman–Crippen LogP) is 4.10. The first kappa shape index (κ1) is 23.2. The molecule has 1 aromatic carbocycles. The first-order chi connectivity index (χ1) is 13.6. The van der Waals surface area contributed by atoms with Crippen LogP contribution >= 0.6 is 23.4 Å². The van der Waals surface area contributed by atoms with E-state index in [1.807, 2.05) is 30.0 Å². The minimum Gasteiger partial charge on any atom is -0.496 e. The van der Waals surface area contributed by atoms with Crippen LogP contribution in [0, 0.1) is 0 Å². The number of hydrogen-bond acceptors (Lipinski definition) is 4. The summed E-state index contributed by atoms with van der Waals surface area (Å²) in [7, 11) is 1.71. The number of ether oxygens (including phenoxy) is 2. The van der Waals surface area contributed by atoms with Gasteiger partial charge >= 0.3 is 0 Å². The van der Waals surface area contributed by atoms with Crippen molar-refractivity contribution in [2.45, 2.75) is 38.0 Å². The average Bonchev–Trinajstić information content (AvgIpc) is 2.72. The number of hydrogen-bond donors (Lipinski definition) is 2. The number of thioether (sulfide) groups is 1. The molecule has 0 aromatic heterocycles. The third-order valence-electron chi connectivity index (χ3n) is 5.13. The van der Waals surface area contributed by atoms with Gasteiger partial charge in [-0.1, -0.05) is 11.6 Å². The van der Waals surface area contributed by atoms with Gasteiger partial charge < -0.3 is 20.1 Å². The van der Waals surface area contributed by atoms with Crippen LogP contribution in [0.5, 0.6) is 5.75 Å². The SMILES string of the molecule is CCNC(=NCC1(c2cc(Cl)ccc2OC)CCOCC1)NCCCCSC. The molecule has 0 spiro atoms. The minimum absolute atomic E-state index is 0.129. The Morgan fingerprint density at radius 3 is 2.75 bits per heavy atom. The molecular formula is C21H34ClN3O2S. The van der Waals surface area contributed by atoms with Crippen LogP contribution in [0.2, 0.25) is 5.02 Å². The highest BCUT2D eigenvalue weighted by molar-refractivity contribution is 7.98. The molecule has 1 fully saturated rings. The molecule has 158 valence electrons. The molecule has 0 saturated carbocycles. The third-order valence-corrected chi connectivity index (χ3v) is 6.07. The van der Waals surface area contributed by atoms with Crippen LogP contribution < -0.4 is 15.4 Å². The predicted molar refractivity (Wildman–Crippen MR) is 121 cm³/mol. The molecule has 1 heterocycles. The molecule has 7 heteroatoms. The fraction of sp³-hybridized carbons (Fsp3) is 0.667. The summed E-state index contributed by atoms with van der Waals surface area (Å²) in [5.41, 5.74) is 1.00. The lowest BCUT2D eigenvalue weighted by Gasteiger charge is -2.37. The van der Waals surface area contributed by atoms with Crippen molar-refractivity contribution in [3.8, 4) is 5.75 Å². The van der Waals surface area contributed by atoms with Crippen molar-refractivity contribution < 1.29 is 9.47 Å². The fourth-order valence-electron chi connectivity index (χ4n) is 3.52. The van der Waals surface area contributed by atoms with Crippen molar-refractivity contribution in [2.75, 3.05) is 52.0 Å². The molecule has 2 rings (SSSR count). The summed E-state index contributed by atoms with van der Waals surface area (Å²) in [6, 6.07) is 5.86. The van der Waals surface area contributed by atoms with Gasteiger partial charge in [0.2, 0.25) is 0 Å². The topological polar surface area (TPSA) is 54.9 Å². The van der Waals surface area contributed by atoms with Gasteiger partial charge in [-0.05, 0) is 62.8 Å². The van der Waals surface area contributed by atoms with Gasteiger partial charge in [-0.25, -0.2) is 0 Å². The molecule has 2 N–H and O–H groups in total. The summed E-state index contributed by atoms with van der Waals surface area (Å²) in [4.78, 5) is 4.94. The minimum atomic E-state index is -0.129. The van der Waals surface area contributed by atoms with Crippen molar-refractivity contribution in [2.24, 2.45) is 4.99 Å². The zero-order chi connectivity index (χ0) is 20.2. The third kappa shape index (κ3) is 6.75. The number of aliphatic imine (C=N–C) groups is 1. The van der Waals surface area contributed by atoms with E-state index in [0.29, 0.717) is 6.54 Å². The number of nitrogens with one attached hydrogen (secondary N) is 2. The Balaban J connectivity index is 2.17. The highest BCUT2D eigenvalue weighted by Crippen LogP contribution is 2.41. The van der Waals surface area contributed by atoms with Gasteiger partial charge in [0, 0.05) is 42.3 Å².